The van der Waals surface area contributed by atoms with Gasteiger partial charge in [0.05, 0.1) is 5.54 Å². The monoisotopic (exact) mass is 165 g/mol. The molecule has 3 nitrogen and oxygen atoms in total. The van der Waals surface area contributed by atoms with Gasteiger partial charge in [-0.05, 0) is 5.56 Å². The van der Waals surface area contributed by atoms with Crippen molar-refractivity contribution in [2.75, 3.05) is 13.1 Å². The number of rotatable bonds is 3. The Morgan fingerprint density at radius 1 is 1.00 bits per heavy atom. The summed E-state index contributed by atoms with van der Waals surface area (Å²) in [5.74, 6) is 0. The maximum Gasteiger partial charge on any atom is 0.0657 e. The maximum absolute atomic E-state index is 5.97. The van der Waals surface area contributed by atoms with E-state index in [2.05, 4.69) is 0 Å². The van der Waals surface area contributed by atoms with Crippen LogP contribution < -0.4 is 17.2 Å². The van der Waals surface area contributed by atoms with Crippen LogP contribution in [0, 0.1) is 0 Å². The lowest BCUT2D eigenvalue weighted by Gasteiger charge is -2.26. The Bertz CT molecular complexity index is 229. The first-order valence-electron chi connectivity index (χ1n) is 3.97. The van der Waals surface area contributed by atoms with Crippen molar-refractivity contribution in [2.45, 2.75) is 5.54 Å². The minimum absolute atomic E-state index is 0.369. The van der Waals surface area contributed by atoms with E-state index in [1.165, 1.54) is 0 Å². The molecule has 0 unspecified atom stereocenters. The molecule has 1 rings (SSSR count). The van der Waals surface area contributed by atoms with E-state index in [0.717, 1.165) is 5.56 Å². The molecule has 0 heterocycles. The van der Waals surface area contributed by atoms with Crippen molar-refractivity contribution in [1.82, 2.24) is 0 Å². The van der Waals surface area contributed by atoms with E-state index >= 15 is 0 Å². The number of hydrogen-bond donors (Lipinski definition) is 3. The van der Waals surface area contributed by atoms with Gasteiger partial charge in [-0.15, -0.1) is 0 Å². The topological polar surface area (TPSA) is 78.1 Å². The highest BCUT2D eigenvalue weighted by atomic mass is 14.9. The Labute approximate surface area is 72.5 Å². The van der Waals surface area contributed by atoms with Crippen molar-refractivity contribution < 1.29 is 0 Å². The highest BCUT2D eigenvalue weighted by Crippen LogP contribution is 2.14. The van der Waals surface area contributed by atoms with Crippen LogP contribution in [0.15, 0.2) is 30.3 Å². The molecule has 0 amide bonds. The van der Waals surface area contributed by atoms with Gasteiger partial charge in [-0.3, -0.25) is 0 Å². The Hall–Kier alpha value is -0.900. The summed E-state index contributed by atoms with van der Waals surface area (Å²) in [6, 6.07) is 9.70. The van der Waals surface area contributed by atoms with Crippen molar-refractivity contribution in [3.63, 3.8) is 0 Å². The molecule has 0 saturated heterocycles. The fourth-order valence-corrected chi connectivity index (χ4v) is 1.09. The van der Waals surface area contributed by atoms with Crippen molar-refractivity contribution in [3.8, 4) is 0 Å². The second kappa shape index (κ2) is 3.67. The third-order valence-electron chi connectivity index (χ3n) is 2.08. The quantitative estimate of drug-likeness (QED) is 0.578. The smallest absolute Gasteiger partial charge is 0.0657 e. The largest absolute Gasteiger partial charge is 0.328 e. The predicted molar refractivity (Wildman–Crippen MR) is 50.4 cm³/mol. The lowest BCUT2D eigenvalue weighted by Crippen LogP contribution is -2.49. The van der Waals surface area contributed by atoms with Crippen LogP contribution in [-0.2, 0) is 5.54 Å². The molecule has 3 heteroatoms. The summed E-state index contributed by atoms with van der Waals surface area (Å²) in [5, 5.41) is 0. The van der Waals surface area contributed by atoms with E-state index in [1.54, 1.807) is 0 Å². The molecule has 12 heavy (non-hydrogen) atoms. The molecular formula is C9H15N3. The molecule has 1 aromatic rings. The summed E-state index contributed by atoms with van der Waals surface area (Å²) in [6.07, 6.45) is 0. The summed E-state index contributed by atoms with van der Waals surface area (Å²) < 4.78 is 0. The maximum atomic E-state index is 5.97. The summed E-state index contributed by atoms with van der Waals surface area (Å²) >= 11 is 0. The molecule has 1 aromatic carbocycles. The average Bonchev–Trinajstić information content (AvgIpc) is 2.18. The molecular weight excluding hydrogens is 150 g/mol. The third kappa shape index (κ3) is 1.64. The minimum atomic E-state index is -0.568. The van der Waals surface area contributed by atoms with Gasteiger partial charge >= 0.3 is 0 Å². The SMILES string of the molecule is NCC(N)(CN)c1ccccc1. The van der Waals surface area contributed by atoms with Crippen molar-refractivity contribution in [2.24, 2.45) is 17.2 Å². The second-order valence-corrected chi connectivity index (χ2v) is 2.93. The van der Waals surface area contributed by atoms with E-state index in [1.807, 2.05) is 30.3 Å². The zero-order chi connectivity index (χ0) is 9.03. The van der Waals surface area contributed by atoms with E-state index in [4.69, 9.17) is 17.2 Å². The first kappa shape index (κ1) is 9.19. The van der Waals surface area contributed by atoms with Crippen LogP contribution in [0.5, 0.6) is 0 Å². The highest BCUT2D eigenvalue weighted by molar-refractivity contribution is 5.24. The predicted octanol–water partition coefficient (Wildman–Crippen LogP) is -0.242. The molecule has 66 valence electrons. The highest BCUT2D eigenvalue weighted by Gasteiger charge is 2.22. The standard InChI is InChI=1S/C9H15N3/c10-6-9(12,7-11)8-4-2-1-3-5-8/h1-5H,6-7,10-12H2. The third-order valence-corrected chi connectivity index (χ3v) is 2.08. The zero-order valence-electron chi connectivity index (χ0n) is 7.03. The molecule has 0 aliphatic carbocycles. The second-order valence-electron chi connectivity index (χ2n) is 2.93. The Balaban J connectivity index is 2.95. The van der Waals surface area contributed by atoms with Gasteiger partial charge in [-0.2, -0.15) is 0 Å². The summed E-state index contributed by atoms with van der Waals surface area (Å²) in [6.45, 7) is 0.737. The Morgan fingerprint density at radius 2 is 1.50 bits per heavy atom. The van der Waals surface area contributed by atoms with Crippen LogP contribution in [0.2, 0.25) is 0 Å². The van der Waals surface area contributed by atoms with Gasteiger partial charge in [0.1, 0.15) is 0 Å². The summed E-state index contributed by atoms with van der Waals surface area (Å²) in [5.41, 5.74) is 17.5. The van der Waals surface area contributed by atoms with E-state index in [-0.39, 0.29) is 0 Å². The first-order valence-corrected chi connectivity index (χ1v) is 3.97. The molecule has 0 atom stereocenters. The summed E-state index contributed by atoms with van der Waals surface area (Å²) in [4.78, 5) is 0. The van der Waals surface area contributed by atoms with Gasteiger partial charge in [0.25, 0.3) is 0 Å². The van der Waals surface area contributed by atoms with Gasteiger partial charge in [0.2, 0.25) is 0 Å². The van der Waals surface area contributed by atoms with Gasteiger partial charge < -0.3 is 17.2 Å². The molecule has 0 spiro atoms. The number of nitrogens with two attached hydrogens (primary N) is 3. The normalized spacial score (nSPS) is 11.6. The zero-order valence-corrected chi connectivity index (χ0v) is 7.03. The van der Waals surface area contributed by atoms with Crippen molar-refractivity contribution >= 4 is 0 Å². The molecule has 0 aliphatic rings. The van der Waals surface area contributed by atoms with Crippen LogP contribution >= 0.6 is 0 Å². The van der Waals surface area contributed by atoms with Gasteiger partial charge in [0.15, 0.2) is 0 Å². The van der Waals surface area contributed by atoms with Crippen LogP contribution in [0.3, 0.4) is 0 Å². The van der Waals surface area contributed by atoms with E-state index in [0.29, 0.717) is 13.1 Å². The number of benzene rings is 1. The van der Waals surface area contributed by atoms with Crippen molar-refractivity contribution in [3.05, 3.63) is 35.9 Å². The molecule has 0 bridgehead atoms. The molecule has 0 fully saturated rings. The van der Waals surface area contributed by atoms with Gasteiger partial charge in [0, 0.05) is 13.1 Å². The summed E-state index contributed by atoms with van der Waals surface area (Å²) in [7, 11) is 0. The van der Waals surface area contributed by atoms with Gasteiger partial charge in [-0.1, -0.05) is 30.3 Å². The Kier molecular flexibility index (Phi) is 2.81. The minimum Gasteiger partial charge on any atom is -0.328 e. The van der Waals surface area contributed by atoms with Crippen LogP contribution in [-0.4, -0.2) is 13.1 Å². The van der Waals surface area contributed by atoms with Crippen molar-refractivity contribution in [1.29, 1.82) is 0 Å². The van der Waals surface area contributed by atoms with Gasteiger partial charge in [-0.25, -0.2) is 0 Å². The van der Waals surface area contributed by atoms with Crippen LogP contribution in [0.4, 0.5) is 0 Å². The number of hydrogen-bond acceptors (Lipinski definition) is 3. The molecule has 6 N–H and O–H groups in total. The van der Waals surface area contributed by atoms with E-state index < -0.39 is 5.54 Å². The van der Waals surface area contributed by atoms with E-state index in [9.17, 15) is 0 Å². The van der Waals surface area contributed by atoms with Crippen LogP contribution in [0.1, 0.15) is 5.56 Å². The first-order chi connectivity index (χ1) is 5.73. The fraction of sp³-hybridized carbons (Fsp3) is 0.333. The Morgan fingerprint density at radius 3 is 1.92 bits per heavy atom. The fourth-order valence-electron chi connectivity index (χ4n) is 1.09. The van der Waals surface area contributed by atoms with Crippen LogP contribution in [0.25, 0.3) is 0 Å². The lowest BCUT2D eigenvalue weighted by atomic mass is 9.91. The molecule has 0 saturated carbocycles. The molecule has 0 aromatic heterocycles. The average molecular weight is 165 g/mol. The lowest BCUT2D eigenvalue weighted by molar-refractivity contribution is 0.468. The molecule has 0 aliphatic heterocycles. The molecule has 0 radical (unpaired) electrons.